The van der Waals surface area contributed by atoms with Crippen molar-refractivity contribution in [3.8, 4) is 0 Å². The number of carbonyl (C=O) groups is 2. The van der Waals surface area contributed by atoms with Crippen LogP contribution in [-0.2, 0) is 0 Å². The molecule has 1 aromatic carbocycles. The fourth-order valence-corrected chi connectivity index (χ4v) is 6.56. The van der Waals surface area contributed by atoms with E-state index >= 15 is 0 Å². The first-order chi connectivity index (χ1) is 22.6. The van der Waals surface area contributed by atoms with Crippen molar-refractivity contribution in [3.05, 3.63) is 89.7 Å². The SMILES string of the molecule is C=C(C)/C=C(\C=C/C)Nc1ccc2nc(N3CCC(CCN4CCN(c5ccc(C(C)=O)c(C(=O)C(C)C)c5)CC4)CC3)ccc2n1. The van der Waals surface area contributed by atoms with Crippen molar-refractivity contribution in [2.24, 2.45) is 11.8 Å². The number of anilines is 3. The predicted molar refractivity (Wildman–Crippen MR) is 195 cm³/mol. The second-order valence-electron chi connectivity index (χ2n) is 13.3. The summed E-state index contributed by atoms with van der Waals surface area (Å²) in [6.45, 7) is 20.3. The zero-order valence-electron chi connectivity index (χ0n) is 28.8. The van der Waals surface area contributed by atoms with Gasteiger partial charge in [0.1, 0.15) is 11.6 Å². The highest BCUT2D eigenvalue weighted by atomic mass is 16.1. The van der Waals surface area contributed by atoms with Gasteiger partial charge >= 0.3 is 0 Å². The van der Waals surface area contributed by atoms with E-state index in [0.29, 0.717) is 11.1 Å². The lowest BCUT2D eigenvalue weighted by Crippen LogP contribution is -2.47. The normalized spacial score (nSPS) is 16.8. The van der Waals surface area contributed by atoms with Crippen molar-refractivity contribution in [1.29, 1.82) is 0 Å². The maximum absolute atomic E-state index is 12.8. The lowest BCUT2D eigenvalue weighted by molar-refractivity contribution is 0.0927. The van der Waals surface area contributed by atoms with Gasteiger partial charge in [0.25, 0.3) is 0 Å². The van der Waals surface area contributed by atoms with Gasteiger partial charge in [0.15, 0.2) is 11.6 Å². The van der Waals surface area contributed by atoms with Gasteiger partial charge < -0.3 is 15.1 Å². The Hall–Kier alpha value is -4.30. The molecule has 1 N–H and O–H groups in total. The summed E-state index contributed by atoms with van der Waals surface area (Å²) in [5, 5.41) is 3.38. The standard InChI is InChI=1S/C39H50N6O2/c1-7-8-31(25-27(2)3)40-37-13-11-36-35(41-37)12-14-38(42-36)45-19-16-30(17-20-45)15-18-43-21-23-44(24-22-43)32-9-10-33(29(6)46)34(26-32)39(47)28(4)5/h7-14,25-26,28,30H,2,15-24H2,1,3-6H3,(H,40,41)/b8-7-,31-25+. The topological polar surface area (TPSA) is 81.7 Å². The first kappa shape index (κ1) is 34.0. The van der Waals surface area contributed by atoms with Crippen LogP contribution in [-0.4, -0.2) is 72.2 Å². The zero-order valence-corrected chi connectivity index (χ0v) is 28.8. The van der Waals surface area contributed by atoms with E-state index in [0.717, 1.165) is 91.4 Å². The highest BCUT2D eigenvalue weighted by Gasteiger charge is 2.24. The molecule has 5 rings (SSSR count). The summed E-state index contributed by atoms with van der Waals surface area (Å²) in [5.74, 6) is 2.37. The highest BCUT2D eigenvalue weighted by molar-refractivity contribution is 6.09. The van der Waals surface area contributed by atoms with Gasteiger partial charge in [-0.05, 0) is 107 Å². The molecular formula is C39H50N6O2. The molecule has 0 amide bonds. The number of pyridine rings is 2. The largest absolute Gasteiger partial charge is 0.369 e. The lowest BCUT2D eigenvalue weighted by Gasteiger charge is -2.38. The fraction of sp³-hybridized carbons (Fsp3) is 0.436. The van der Waals surface area contributed by atoms with Gasteiger partial charge in [-0.3, -0.25) is 14.5 Å². The van der Waals surface area contributed by atoms with Gasteiger partial charge in [-0.15, -0.1) is 0 Å². The maximum atomic E-state index is 12.8. The Kier molecular flexibility index (Phi) is 11.2. The van der Waals surface area contributed by atoms with Gasteiger partial charge in [0.2, 0.25) is 0 Å². The molecule has 0 aliphatic carbocycles. The number of carbonyl (C=O) groups excluding carboxylic acids is 2. The van der Waals surface area contributed by atoms with Gasteiger partial charge in [0.05, 0.1) is 11.0 Å². The summed E-state index contributed by atoms with van der Waals surface area (Å²) < 4.78 is 0. The maximum Gasteiger partial charge on any atom is 0.166 e. The highest BCUT2D eigenvalue weighted by Crippen LogP contribution is 2.28. The van der Waals surface area contributed by atoms with Crippen LogP contribution in [0.4, 0.5) is 17.3 Å². The zero-order chi connectivity index (χ0) is 33.5. The van der Waals surface area contributed by atoms with Crippen molar-refractivity contribution < 1.29 is 9.59 Å². The summed E-state index contributed by atoms with van der Waals surface area (Å²) in [6, 6.07) is 14.0. The number of hydrogen-bond acceptors (Lipinski definition) is 8. The number of Topliss-reactive ketones (excluding diaryl/α,β-unsaturated/α-hetero) is 2. The second kappa shape index (κ2) is 15.5. The van der Waals surface area contributed by atoms with Crippen LogP contribution in [0.1, 0.15) is 74.6 Å². The number of nitrogens with zero attached hydrogens (tertiary/aromatic N) is 5. The van der Waals surface area contributed by atoms with Crippen molar-refractivity contribution in [3.63, 3.8) is 0 Å². The van der Waals surface area contributed by atoms with Crippen molar-refractivity contribution in [2.45, 2.75) is 53.9 Å². The Morgan fingerprint density at radius 2 is 1.62 bits per heavy atom. The van der Waals surface area contributed by atoms with E-state index in [4.69, 9.17) is 9.97 Å². The van der Waals surface area contributed by atoms with Crippen molar-refractivity contribution >= 4 is 39.9 Å². The third-order valence-electron chi connectivity index (χ3n) is 9.25. The molecular weight excluding hydrogens is 584 g/mol. The Morgan fingerprint density at radius 3 is 2.28 bits per heavy atom. The van der Waals surface area contributed by atoms with Crippen LogP contribution < -0.4 is 15.1 Å². The Balaban J connectivity index is 1.09. The minimum Gasteiger partial charge on any atom is -0.369 e. The first-order valence-electron chi connectivity index (χ1n) is 17.1. The summed E-state index contributed by atoms with van der Waals surface area (Å²) in [6.07, 6.45) is 9.59. The molecule has 4 heterocycles. The number of rotatable bonds is 12. The number of piperidine rings is 1. The number of ketones is 2. The number of nitrogens with one attached hydrogen (secondary N) is 1. The molecule has 0 saturated carbocycles. The monoisotopic (exact) mass is 634 g/mol. The molecule has 0 unspecified atom stereocenters. The van der Waals surface area contributed by atoms with E-state index in [-0.39, 0.29) is 17.5 Å². The molecule has 2 aromatic heterocycles. The van der Waals surface area contributed by atoms with E-state index in [1.807, 2.05) is 76.3 Å². The minimum atomic E-state index is -0.142. The van der Waals surface area contributed by atoms with Crippen LogP contribution in [0.2, 0.25) is 0 Å². The van der Waals surface area contributed by atoms with E-state index in [1.54, 1.807) is 0 Å². The van der Waals surface area contributed by atoms with Gasteiger partial charge in [-0.2, -0.15) is 0 Å². The van der Waals surface area contributed by atoms with Crippen molar-refractivity contribution in [1.82, 2.24) is 14.9 Å². The van der Waals surface area contributed by atoms with E-state index < -0.39 is 0 Å². The van der Waals surface area contributed by atoms with Crippen LogP contribution in [0.3, 0.4) is 0 Å². The molecule has 248 valence electrons. The van der Waals surface area contributed by atoms with Gasteiger partial charge in [-0.25, -0.2) is 9.97 Å². The lowest BCUT2D eigenvalue weighted by atomic mass is 9.93. The number of aromatic nitrogens is 2. The molecule has 2 saturated heterocycles. The molecule has 2 aliphatic rings. The quantitative estimate of drug-likeness (QED) is 0.162. The smallest absolute Gasteiger partial charge is 0.166 e. The number of piperazine rings is 1. The third-order valence-corrected chi connectivity index (χ3v) is 9.25. The number of allylic oxidation sites excluding steroid dienone is 4. The summed E-state index contributed by atoms with van der Waals surface area (Å²) in [5.41, 5.74) is 5.83. The number of benzene rings is 1. The van der Waals surface area contributed by atoms with Crippen LogP contribution in [0.5, 0.6) is 0 Å². The summed E-state index contributed by atoms with van der Waals surface area (Å²) in [7, 11) is 0. The van der Waals surface area contributed by atoms with Gasteiger partial charge in [-0.1, -0.05) is 32.1 Å². The number of hydrogen-bond donors (Lipinski definition) is 1. The molecule has 3 aromatic rings. The minimum absolute atomic E-state index is 0.0311. The average molecular weight is 635 g/mol. The Morgan fingerprint density at radius 1 is 0.915 bits per heavy atom. The number of fused-ring (bicyclic) bond motifs is 1. The molecule has 47 heavy (non-hydrogen) atoms. The predicted octanol–water partition coefficient (Wildman–Crippen LogP) is 7.55. The van der Waals surface area contributed by atoms with Crippen LogP contribution in [0.15, 0.2) is 78.5 Å². The molecule has 0 radical (unpaired) electrons. The van der Waals surface area contributed by atoms with Crippen molar-refractivity contribution in [2.75, 3.05) is 60.9 Å². The molecule has 8 heteroatoms. The fourth-order valence-electron chi connectivity index (χ4n) is 6.56. The third kappa shape index (κ3) is 8.74. The molecule has 0 spiro atoms. The molecule has 8 nitrogen and oxygen atoms in total. The average Bonchev–Trinajstić information content (AvgIpc) is 3.06. The second-order valence-corrected chi connectivity index (χ2v) is 13.3. The Labute approximate surface area is 280 Å². The molecule has 2 fully saturated rings. The van der Waals surface area contributed by atoms with Crippen LogP contribution in [0.25, 0.3) is 11.0 Å². The van der Waals surface area contributed by atoms with E-state index in [9.17, 15) is 9.59 Å². The first-order valence-corrected chi connectivity index (χ1v) is 17.1. The Bertz CT molecular complexity index is 1660. The summed E-state index contributed by atoms with van der Waals surface area (Å²) in [4.78, 5) is 42.1. The molecule has 2 aliphatic heterocycles. The molecule has 0 atom stereocenters. The van der Waals surface area contributed by atoms with E-state index in [2.05, 4.69) is 38.7 Å². The van der Waals surface area contributed by atoms with Crippen LogP contribution >= 0.6 is 0 Å². The van der Waals surface area contributed by atoms with Gasteiger partial charge in [0, 0.05) is 67.7 Å². The van der Waals surface area contributed by atoms with E-state index in [1.165, 1.54) is 26.2 Å². The molecule has 0 bridgehead atoms. The van der Waals surface area contributed by atoms with Crippen LogP contribution in [0, 0.1) is 11.8 Å². The summed E-state index contributed by atoms with van der Waals surface area (Å²) >= 11 is 0.